The van der Waals surface area contributed by atoms with Gasteiger partial charge < -0.3 is 19.8 Å². The second-order valence-corrected chi connectivity index (χ2v) is 6.88. The van der Waals surface area contributed by atoms with Gasteiger partial charge in [-0.1, -0.05) is 18.2 Å². The number of hydrogen-bond donors (Lipinski definition) is 2. The van der Waals surface area contributed by atoms with Crippen molar-refractivity contribution < 1.29 is 44.9 Å². The van der Waals surface area contributed by atoms with E-state index in [0.29, 0.717) is 6.07 Å². The Morgan fingerprint density at radius 1 is 1.28 bits per heavy atom. The van der Waals surface area contributed by atoms with Crippen LogP contribution < -0.4 is 5.73 Å². The molecule has 2 aromatic rings. The Labute approximate surface area is 167 Å². The average molecular weight is 428 g/mol. The van der Waals surface area contributed by atoms with Gasteiger partial charge in [-0.15, -0.1) is 0 Å². The molecule has 152 valence electrons. The topological polar surface area (TPSA) is 133 Å². The molecule has 0 unspecified atom stereocenters. The molecule has 0 aliphatic carbocycles. The molecule has 2 aromatic carbocycles. The molecule has 0 spiro atoms. The molecule has 0 fully saturated rings. The predicted octanol–water partition coefficient (Wildman–Crippen LogP) is 1.98. The normalized spacial score (nSPS) is 21.2. The van der Waals surface area contributed by atoms with Crippen LogP contribution in [0.25, 0.3) is 0 Å². The van der Waals surface area contributed by atoms with Gasteiger partial charge >= 0.3 is 16.1 Å². The van der Waals surface area contributed by atoms with Gasteiger partial charge in [-0.3, -0.25) is 4.79 Å². The van der Waals surface area contributed by atoms with Crippen LogP contribution in [-0.4, -0.2) is 25.3 Å². The summed E-state index contributed by atoms with van der Waals surface area (Å²) in [5.41, 5.74) is 0.410. The number of Topliss-reactive ketones (excluding diaryl/α,β-unsaturated/α-hetero) is 1. The Kier molecular flexibility index (Phi) is 4.27. The quantitative estimate of drug-likeness (QED) is 0.668. The molecule has 29 heavy (non-hydrogen) atoms. The molecule has 1 aliphatic rings. The van der Waals surface area contributed by atoms with Gasteiger partial charge in [0.25, 0.3) is 0 Å². The van der Waals surface area contributed by atoms with E-state index in [0.717, 1.165) is 36.4 Å². The molecule has 0 radical (unpaired) electrons. The SMILES string of the molecule is [2H]C([2H])(c1ccc(F)cc1)S(=O)(=O)OC1=C(N)O[C@]([2H])(c2ccc(C(=O)O)c(F)c2)C1=O. The summed E-state index contributed by atoms with van der Waals surface area (Å²) in [5, 5.41) is 8.88. The molecule has 11 heteroatoms. The maximum absolute atomic E-state index is 14.0. The van der Waals surface area contributed by atoms with Gasteiger partial charge in [0.05, 0.1) is 9.68 Å². The van der Waals surface area contributed by atoms with Crippen LogP contribution in [0.15, 0.2) is 54.1 Å². The Balaban J connectivity index is 1.94. The van der Waals surface area contributed by atoms with E-state index < -0.39 is 73.6 Å². The van der Waals surface area contributed by atoms with E-state index in [-0.39, 0.29) is 0 Å². The Hall–Kier alpha value is -3.47. The van der Waals surface area contributed by atoms with Gasteiger partial charge in [-0.2, -0.15) is 8.42 Å². The standard InChI is InChI=1S/C18H13F2NO7S/c19-11-4-1-9(2-5-11)8-29(25,26)28-16-14(22)15(27-17(16)21)10-3-6-12(18(23)24)13(20)7-10/h1-7,15H,8,21H2,(H,23,24)/t15-/m1/s1/i8D2,15D. The zero-order chi connectivity index (χ0) is 24.1. The number of carbonyl (C=O) groups excluding carboxylic acids is 1. The molecule has 0 bridgehead atoms. The molecule has 3 rings (SSSR count). The molecule has 0 amide bonds. The highest BCUT2D eigenvalue weighted by Crippen LogP contribution is 2.33. The summed E-state index contributed by atoms with van der Waals surface area (Å²) in [4.78, 5) is 23.6. The minimum Gasteiger partial charge on any atom is -0.478 e. The predicted molar refractivity (Wildman–Crippen MR) is 93.5 cm³/mol. The third-order valence-electron chi connectivity index (χ3n) is 3.59. The minimum absolute atomic E-state index is 0.520. The molecule has 0 saturated carbocycles. The molecule has 1 atom stereocenters. The molecule has 0 saturated heterocycles. The first kappa shape index (κ1) is 16.5. The minimum atomic E-state index is -5.30. The van der Waals surface area contributed by atoms with Crippen LogP contribution in [0.4, 0.5) is 8.78 Å². The van der Waals surface area contributed by atoms with E-state index in [2.05, 4.69) is 4.18 Å². The zero-order valence-corrected chi connectivity index (χ0v) is 15.0. The van der Waals surface area contributed by atoms with Crippen molar-refractivity contribution in [2.75, 3.05) is 0 Å². The lowest BCUT2D eigenvalue weighted by molar-refractivity contribution is -0.123. The van der Waals surface area contributed by atoms with E-state index in [1.165, 1.54) is 0 Å². The number of halogens is 2. The third-order valence-corrected chi connectivity index (χ3v) is 4.46. The number of nitrogens with two attached hydrogens (primary N) is 1. The Morgan fingerprint density at radius 2 is 1.93 bits per heavy atom. The zero-order valence-electron chi connectivity index (χ0n) is 17.2. The average Bonchev–Trinajstić information content (AvgIpc) is 2.91. The van der Waals surface area contributed by atoms with Crippen molar-refractivity contribution in [3.63, 3.8) is 0 Å². The fraction of sp³-hybridized carbons (Fsp3) is 0.111. The maximum Gasteiger partial charge on any atom is 0.338 e. The van der Waals surface area contributed by atoms with Crippen LogP contribution >= 0.6 is 0 Å². The van der Waals surface area contributed by atoms with Crippen molar-refractivity contribution in [1.82, 2.24) is 0 Å². The van der Waals surface area contributed by atoms with E-state index in [1.807, 2.05) is 0 Å². The van der Waals surface area contributed by atoms with Gasteiger partial charge in [-0.25, -0.2) is 13.6 Å². The number of carboxylic acids is 1. The second kappa shape index (κ2) is 7.51. The van der Waals surface area contributed by atoms with E-state index in [1.54, 1.807) is 0 Å². The Bertz CT molecular complexity index is 1270. The number of rotatable bonds is 6. The molecule has 1 heterocycles. The van der Waals surface area contributed by atoms with Crippen LogP contribution in [0.2, 0.25) is 0 Å². The summed E-state index contributed by atoms with van der Waals surface area (Å²) in [6.07, 6.45) is -2.82. The van der Waals surface area contributed by atoms with Crippen molar-refractivity contribution in [1.29, 1.82) is 0 Å². The lowest BCUT2D eigenvalue weighted by Crippen LogP contribution is -2.16. The number of ketones is 1. The molecule has 1 aliphatic heterocycles. The number of carbonyl (C=O) groups is 2. The fourth-order valence-corrected chi connectivity index (χ4v) is 3.15. The van der Waals surface area contributed by atoms with Crippen molar-refractivity contribution >= 4 is 21.9 Å². The van der Waals surface area contributed by atoms with Crippen LogP contribution in [0.5, 0.6) is 0 Å². The summed E-state index contributed by atoms with van der Waals surface area (Å²) in [7, 11) is -5.30. The van der Waals surface area contributed by atoms with E-state index >= 15 is 0 Å². The van der Waals surface area contributed by atoms with Gasteiger partial charge in [0.2, 0.25) is 17.4 Å². The van der Waals surface area contributed by atoms with Crippen molar-refractivity contribution in [3.05, 3.63) is 82.4 Å². The van der Waals surface area contributed by atoms with Gasteiger partial charge in [-0.05, 0) is 29.8 Å². The van der Waals surface area contributed by atoms with Gasteiger partial charge in [0.1, 0.15) is 17.3 Å². The first-order chi connectivity index (χ1) is 14.7. The Morgan fingerprint density at radius 3 is 2.52 bits per heavy atom. The van der Waals surface area contributed by atoms with Crippen molar-refractivity contribution in [3.8, 4) is 0 Å². The van der Waals surface area contributed by atoms with Crippen LogP contribution in [0.3, 0.4) is 0 Å². The highest BCUT2D eigenvalue weighted by molar-refractivity contribution is 7.86. The molecule has 0 aromatic heterocycles. The first-order valence-corrected chi connectivity index (χ1v) is 9.08. The summed E-state index contributed by atoms with van der Waals surface area (Å²) in [6, 6.07) is 5.50. The number of hydrogen-bond acceptors (Lipinski definition) is 7. The smallest absolute Gasteiger partial charge is 0.338 e. The molecule has 3 N–H and O–H groups in total. The first-order valence-electron chi connectivity index (χ1n) is 9.17. The number of aromatic carboxylic acids is 1. The van der Waals surface area contributed by atoms with E-state index in [4.69, 9.17) is 19.7 Å². The van der Waals surface area contributed by atoms with Crippen molar-refractivity contribution in [2.24, 2.45) is 5.73 Å². The maximum atomic E-state index is 14.0. The van der Waals surface area contributed by atoms with Crippen LogP contribution in [0.1, 0.15) is 31.7 Å². The van der Waals surface area contributed by atoms with Crippen LogP contribution in [0, 0.1) is 11.6 Å². The van der Waals surface area contributed by atoms with E-state index in [9.17, 15) is 26.8 Å². The molecular weight excluding hydrogens is 412 g/mol. The largest absolute Gasteiger partial charge is 0.478 e. The highest BCUT2D eigenvalue weighted by Gasteiger charge is 2.40. The fourth-order valence-electron chi connectivity index (χ4n) is 2.31. The number of benzene rings is 2. The van der Waals surface area contributed by atoms with Crippen LogP contribution in [-0.2, 0) is 29.5 Å². The van der Waals surface area contributed by atoms with Crippen molar-refractivity contribution in [2.45, 2.75) is 11.8 Å². The highest BCUT2D eigenvalue weighted by atomic mass is 32.2. The number of carboxylic acid groups (broad SMARTS) is 1. The lowest BCUT2D eigenvalue weighted by atomic mass is 10.0. The third kappa shape index (κ3) is 4.35. The molecular formula is C18H13F2NO7S. The lowest BCUT2D eigenvalue weighted by Gasteiger charge is -2.11. The van der Waals surface area contributed by atoms with Gasteiger partial charge in [0.15, 0.2) is 6.08 Å². The summed E-state index contributed by atoms with van der Waals surface area (Å²) >= 11 is 0. The van der Waals surface area contributed by atoms with Gasteiger partial charge in [0, 0.05) is 5.56 Å². The summed E-state index contributed by atoms with van der Waals surface area (Å²) < 4.78 is 85.5. The summed E-state index contributed by atoms with van der Waals surface area (Å²) in [6.45, 7) is 0. The molecule has 8 nitrogen and oxygen atoms in total. The monoisotopic (exact) mass is 428 g/mol. The number of ether oxygens (including phenoxy) is 1. The second-order valence-electron chi connectivity index (χ2n) is 5.60. The summed E-state index contributed by atoms with van der Waals surface area (Å²) in [5.74, 6) is -7.39.